The van der Waals surface area contributed by atoms with E-state index in [0.29, 0.717) is 22.6 Å². The maximum absolute atomic E-state index is 4.89. The van der Waals surface area contributed by atoms with Crippen molar-refractivity contribution in [2.45, 2.75) is 6.54 Å². The van der Waals surface area contributed by atoms with Crippen molar-refractivity contribution in [1.82, 2.24) is 14.8 Å². The third-order valence-electron chi connectivity index (χ3n) is 1.11. The number of hydrogen-bond donors (Lipinski definition) is 0. The van der Waals surface area contributed by atoms with Gasteiger partial charge in [-0.2, -0.15) is 4.98 Å². The highest BCUT2D eigenvalue weighted by atomic mass is 79.9. The van der Waals surface area contributed by atoms with Gasteiger partial charge >= 0.3 is 0 Å². The first-order chi connectivity index (χ1) is 5.24. The van der Waals surface area contributed by atoms with E-state index in [2.05, 4.69) is 41.9 Å². The Balaban J connectivity index is 2.62. The van der Waals surface area contributed by atoms with E-state index < -0.39 is 0 Å². The summed E-state index contributed by atoms with van der Waals surface area (Å²) in [6.07, 6.45) is 0. The predicted molar refractivity (Wildman–Crippen MR) is 47.3 cm³/mol. The van der Waals surface area contributed by atoms with Crippen LogP contribution in [0.15, 0.2) is 9.47 Å². The zero-order valence-corrected chi connectivity index (χ0v) is 9.09. The van der Waals surface area contributed by atoms with Crippen LogP contribution in [-0.4, -0.2) is 28.5 Å². The highest BCUT2D eigenvalue weighted by Crippen LogP contribution is 2.10. The SMILES string of the molecule is COCCn1nc(Br)nc1Br. The van der Waals surface area contributed by atoms with Gasteiger partial charge in [-0.15, -0.1) is 5.10 Å². The summed E-state index contributed by atoms with van der Waals surface area (Å²) in [5.74, 6) is 0. The molecule has 0 unspecified atom stereocenters. The van der Waals surface area contributed by atoms with E-state index in [1.54, 1.807) is 11.8 Å². The van der Waals surface area contributed by atoms with E-state index in [1.807, 2.05) is 0 Å². The number of methoxy groups -OCH3 is 1. The summed E-state index contributed by atoms with van der Waals surface area (Å²) < 4.78 is 7.89. The van der Waals surface area contributed by atoms with Gasteiger partial charge in [0.1, 0.15) is 0 Å². The molecule has 11 heavy (non-hydrogen) atoms. The summed E-state index contributed by atoms with van der Waals surface area (Å²) in [4.78, 5) is 3.99. The number of hydrogen-bond acceptors (Lipinski definition) is 3. The van der Waals surface area contributed by atoms with Crippen LogP contribution >= 0.6 is 31.9 Å². The predicted octanol–water partition coefficient (Wildman–Crippen LogP) is 1.45. The number of ether oxygens (including phenoxy) is 1. The van der Waals surface area contributed by atoms with Crippen molar-refractivity contribution in [3.05, 3.63) is 9.47 Å². The van der Waals surface area contributed by atoms with Crippen molar-refractivity contribution < 1.29 is 4.74 Å². The van der Waals surface area contributed by atoms with Gasteiger partial charge in [0.15, 0.2) is 4.73 Å². The largest absolute Gasteiger partial charge is 0.383 e. The van der Waals surface area contributed by atoms with Gasteiger partial charge in [-0.1, -0.05) is 0 Å². The number of rotatable bonds is 3. The van der Waals surface area contributed by atoms with Gasteiger partial charge in [-0.05, 0) is 31.9 Å². The van der Waals surface area contributed by atoms with Crippen LogP contribution in [0.4, 0.5) is 0 Å². The monoisotopic (exact) mass is 283 g/mol. The molecule has 0 fully saturated rings. The normalized spacial score (nSPS) is 10.5. The summed E-state index contributed by atoms with van der Waals surface area (Å²) in [5, 5.41) is 4.04. The van der Waals surface area contributed by atoms with E-state index in [4.69, 9.17) is 4.74 Å². The fourth-order valence-electron chi connectivity index (χ4n) is 0.617. The molecule has 6 heteroatoms. The van der Waals surface area contributed by atoms with Crippen LogP contribution in [0.25, 0.3) is 0 Å². The maximum atomic E-state index is 4.89. The first kappa shape index (κ1) is 9.15. The molecule has 0 N–H and O–H groups in total. The van der Waals surface area contributed by atoms with Gasteiger partial charge in [-0.25, -0.2) is 4.68 Å². The number of halogens is 2. The highest BCUT2D eigenvalue weighted by Gasteiger charge is 2.02. The lowest BCUT2D eigenvalue weighted by atomic mass is 10.7. The fourth-order valence-corrected chi connectivity index (χ4v) is 1.64. The first-order valence-electron chi connectivity index (χ1n) is 2.99. The average molecular weight is 285 g/mol. The van der Waals surface area contributed by atoms with Gasteiger partial charge < -0.3 is 4.74 Å². The van der Waals surface area contributed by atoms with Gasteiger partial charge in [0.05, 0.1) is 13.2 Å². The minimum atomic E-state index is 0.584. The smallest absolute Gasteiger partial charge is 0.218 e. The second-order valence-corrected chi connectivity index (χ2v) is 3.28. The van der Waals surface area contributed by atoms with E-state index in [-0.39, 0.29) is 0 Å². The third-order valence-corrected chi connectivity index (χ3v) is 2.03. The maximum Gasteiger partial charge on any atom is 0.218 e. The van der Waals surface area contributed by atoms with E-state index in [1.165, 1.54) is 0 Å². The Morgan fingerprint density at radius 3 is 2.73 bits per heavy atom. The lowest BCUT2D eigenvalue weighted by Gasteiger charge is -1.98. The molecule has 0 radical (unpaired) electrons. The molecule has 0 aliphatic rings. The highest BCUT2D eigenvalue weighted by molar-refractivity contribution is 9.11. The quantitative estimate of drug-likeness (QED) is 0.843. The Kier molecular flexibility index (Phi) is 3.47. The van der Waals surface area contributed by atoms with Crippen LogP contribution < -0.4 is 0 Å². The molecule has 1 aromatic heterocycles. The minimum Gasteiger partial charge on any atom is -0.383 e. The molecule has 1 heterocycles. The topological polar surface area (TPSA) is 39.9 Å². The Bertz CT molecular complexity index is 238. The molecule has 1 aromatic rings. The Hall–Kier alpha value is 0.0600. The van der Waals surface area contributed by atoms with E-state index in [0.717, 1.165) is 0 Å². The molecule has 4 nitrogen and oxygen atoms in total. The van der Waals surface area contributed by atoms with Crippen LogP contribution in [0.1, 0.15) is 0 Å². The van der Waals surface area contributed by atoms with Crippen LogP contribution in [0.5, 0.6) is 0 Å². The van der Waals surface area contributed by atoms with Crippen molar-refractivity contribution >= 4 is 31.9 Å². The Morgan fingerprint density at radius 1 is 1.55 bits per heavy atom. The van der Waals surface area contributed by atoms with Crippen molar-refractivity contribution in [3.8, 4) is 0 Å². The van der Waals surface area contributed by atoms with Gasteiger partial charge in [-0.3, -0.25) is 0 Å². The molecule has 0 aromatic carbocycles. The second-order valence-electron chi connectivity index (χ2n) is 1.87. The van der Waals surface area contributed by atoms with Gasteiger partial charge in [0.2, 0.25) is 4.73 Å². The van der Waals surface area contributed by atoms with Crippen LogP contribution in [-0.2, 0) is 11.3 Å². The van der Waals surface area contributed by atoms with Crippen LogP contribution in [0.3, 0.4) is 0 Å². The average Bonchev–Trinajstić information content (AvgIpc) is 2.26. The minimum absolute atomic E-state index is 0.584. The van der Waals surface area contributed by atoms with Gasteiger partial charge in [0.25, 0.3) is 0 Å². The molecular weight excluding hydrogens is 278 g/mol. The molecule has 62 valence electrons. The summed E-state index contributed by atoms with van der Waals surface area (Å²) in [7, 11) is 1.65. The van der Waals surface area contributed by atoms with Crippen LogP contribution in [0.2, 0.25) is 0 Å². The van der Waals surface area contributed by atoms with Crippen molar-refractivity contribution in [2.75, 3.05) is 13.7 Å². The molecule has 0 aliphatic carbocycles. The number of aromatic nitrogens is 3. The summed E-state index contributed by atoms with van der Waals surface area (Å²) >= 11 is 6.41. The molecule has 1 rings (SSSR count). The molecule has 0 atom stereocenters. The lowest BCUT2D eigenvalue weighted by Crippen LogP contribution is -2.05. The van der Waals surface area contributed by atoms with Crippen molar-refractivity contribution in [3.63, 3.8) is 0 Å². The second kappa shape index (κ2) is 4.18. The Morgan fingerprint density at radius 2 is 2.27 bits per heavy atom. The molecule has 0 bridgehead atoms. The molecule has 0 aliphatic heterocycles. The molecule has 0 saturated carbocycles. The molecular formula is C5H7Br2N3O. The van der Waals surface area contributed by atoms with Crippen molar-refractivity contribution in [1.29, 1.82) is 0 Å². The van der Waals surface area contributed by atoms with Gasteiger partial charge in [0, 0.05) is 7.11 Å². The summed E-state index contributed by atoms with van der Waals surface area (Å²) in [5.41, 5.74) is 0. The molecule has 0 spiro atoms. The fraction of sp³-hybridized carbons (Fsp3) is 0.600. The summed E-state index contributed by atoms with van der Waals surface area (Å²) in [6.45, 7) is 1.34. The Labute approximate surface area is 81.2 Å². The standard InChI is InChI=1S/C5H7Br2N3O/c1-11-3-2-10-5(7)8-4(6)9-10/h2-3H2,1H3. The molecule has 0 saturated heterocycles. The molecule has 0 amide bonds. The number of nitrogens with zero attached hydrogens (tertiary/aromatic N) is 3. The van der Waals surface area contributed by atoms with E-state index in [9.17, 15) is 0 Å². The lowest BCUT2D eigenvalue weighted by molar-refractivity contribution is 0.182. The zero-order chi connectivity index (χ0) is 8.27. The van der Waals surface area contributed by atoms with Crippen LogP contribution in [0, 0.1) is 0 Å². The first-order valence-corrected chi connectivity index (χ1v) is 4.57. The van der Waals surface area contributed by atoms with E-state index >= 15 is 0 Å². The van der Waals surface area contributed by atoms with Crippen molar-refractivity contribution in [2.24, 2.45) is 0 Å². The summed E-state index contributed by atoms with van der Waals surface area (Å²) in [6, 6.07) is 0. The third kappa shape index (κ3) is 2.53. The zero-order valence-electron chi connectivity index (χ0n) is 5.92.